The summed E-state index contributed by atoms with van der Waals surface area (Å²) in [4.78, 5) is 4.30. The molecule has 0 saturated carbocycles. The maximum absolute atomic E-state index is 12.7. The topological polar surface area (TPSA) is 12.9 Å². The van der Waals surface area contributed by atoms with Crippen LogP contribution in [0, 0.1) is 5.82 Å². The third-order valence-corrected chi connectivity index (χ3v) is 2.43. The molecule has 1 aromatic carbocycles. The molecule has 2 heteroatoms. The van der Waals surface area contributed by atoms with Crippen LogP contribution in [-0.2, 0) is 6.42 Å². The summed E-state index contributed by atoms with van der Waals surface area (Å²) in [5.74, 6) is -0.214. The van der Waals surface area contributed by atoms with E-state index in [4.69, 9.17) is 0 Å². The van der Waals surface area contributed by atoms with Crippen LogP contribution >= 0.6 is 0 Å². The number of benzene rings is 1. The van der Waals surface area contributed by atoms with Gasteiger partial charge in [-0.25, -0.2) is 4.39 Å². The zero-order valence-electron chi connectivity index (χ0n) is 8.86. The molecule has 2 rings (SSSR count). The van der Waals surface area contributed by atoms with Crippen molar-refractivity contribution in [2.24, 2.45) is 0 Å². The molecule has 16 heavy (non-hydrogen) atoms. The molecule has 0 amide bonds. The van der Waals surface area contributed by atoms with E-state index in [1.54, 1.807) is 24.4 Å². The normalized spacial score (nSPS) is 10.1. The van der Waals surface area contributed by atoms with Crippen LogP contribution in [0.25, 0.3) is 6.08 Å². The molecule has 0 fully saturated rings. The molecule has 0 saturated heterocycles. The van der Waals surface area contributed by atoms with Crippen LogP contribution in [0.5, 0.6) is 0 Å². The second kappa shape index (κ2) is 4.71. The molecular weight excluding hydrogens is 201 g/mol. The fourth-order valence-corrected chi connectivity index (χ4v) is 1.58. The van der Waals surface area contributed by atoms with E-state index in [0.29, 0.717) is 6.42 Å². The summed E-state index contributed by atoms with van der Waals surface area (Å²) in [6.45, 7) is 3.75. The van der Waals surface area contributed by atoms with Crippen molar-refractivity contribution in [2.45, 2.75) is 6.42 Å². The van der Waals surface area contributed by atoms with Crippen LogP contribution < -0.4 is 0 Å². The smallest absolute Gasteiger partial charge is 0.123 e. The third-order valence-electron chi connectivity index (χ3n) is 2.43. The van der Waals surface area contributed by atoms with Crippen molar-refractivity contribution in [3.63, 3.8) is 0 Å². The Morgan fingerprint density at radius 2 is 1.94 bits per heavy atom. The van der Waals surface area contributed by atoms with Gasteiger partial charge in [-0.05, 0) is 29.3 Å². The molecule has 1 aromatic heterocycles. The standard InChI is InChI=1S/C14H12FN/c1-2-12-4-3-9-16-14(12)10-11-5-7-13(15)8-6-11/h2-9H,1,10H2. The molecule has 0 spiro atoms. The molecule has 0 bridgehead atoms. The van der Waals surface area contributed by atoms with Gasteiger partial charge in [-0.15, -0.1) is 0 Å². The fourth-order valence-electron chi connectivity index (χ4n) is 1.58. The minimum atomic E-state index is -0.214. The largest absolute Gasteiger partial charge is 0.260 e. The van der Waals surface area contributed by atoms with Crippen molar-refractivity contribution in [3.05, 3.63) is 71.8 Å². The van der Waals surface area contributed by atoms with Crippen LogP contribution in [0.3, 0.4) is 0 Å². The first-order valence-corrected chi connectivity index (χ1v) is 5.10. The quantitative estimate of drug-likeness (QED) is 0.761. The molecular formula is C14H12FN. The Balaban J connectivity index is 2.26. The summed E-state index contributed by atoms with van der Waals surface area (Å²) in [5, 5.41) is 0. The molecule has 0 radical (unpaired) electrons. The van der Waals surface area contributed by atoms with Crippen molar-refractivity contribution >= 4 is 6.08 Å². The summed E-state index contributed by atoms with van der Waals surface area (Å²) >= 11 is 0. The van der Waals surface area contributed by atoms with Crippen LogP contribution in [0.15, 0.2) is 49.2 Å². The molecule has 0 aliphatic rings. The number of aromatic nitrogens is 1. The predicted molar refractivity (Wildman–Crippen MR) is 63.5 cm³/mol. The van der Waals surface area contributed by atoms with Gasteiger partial charge in [0.1, 0.15) is 5.82 Å². The lowest BCUT2D eigenvalue weighted by atomic mass is 10.1. The first-order valence-electron chi connectivity index (χ1n) is 5.10. The van der Waals surface area contributed by atoms with Gasteiger partial charge in [-0.2, -0.15) is 0 Å². The summed E-state index contributed by atoms with van der Waals surface area (Å²) in [7, 11) is 0. The Kier molecular flexibility index (Phi) is 3.10. The Labute approximate surface area is 94.3 Å². The van der Waals surface area contributed by atoms with E-state index in [1.165, 1.54) is 12.1 Å². The van der Waals surface area contributed by atoms with Crippen molar-refractivity contribution in [1.82, 2.24) is 4.98 Å². The Morgan fingerprint density at radius 3 is 2.62 bits per heavy atom. The Morgan fingerprint density at radius 1 is 1.19 bits per heavy atom. The molecule has 1 heterocycles. The van der Waals surface area contributed by atoms with E-state index in [1.807, 2.05) is 12.1 Å². The van der Waals surface area contributed by atoms with Gasteiger partial charge in [0, 0.05) is 12.6 Å². The Hall–Kier alpha value is -1.96. The molecule has 0 aliphatic heterocycles. The zero-order chi connectivity index (χ0) is 11.4. The summed E-state index contributed by atoms with van der Waals surface area (Å²) in [6.07, 6.45) is 4.24. The lowest BCUT2D eigenvalue weighted by Gasteiger charge is -2.04. The van der Waals surface area contributed by atoms with Crippen LogP contribution in [0.4, 0.5) is 4.39 Å². The molecule has 0 N–H and O–H groups in total. The van der Waals surface area contributed by atoms with Gasteiger partial charge in [-0.3, -0.25) is 4.98 Å². The van der Waals surface area contributed by atoms with E-state index < -0.39 is 0 Å². The van der Waals surface area contributed by atoms with Gasteiger partial charge in [0.2, 0.25) is 0 Å². The summed E-state index contributed by atoms with van der Waals surface area (Å²) in [5.41, 5.74) is 3.03. The number of halogens is 1. The van der Waals surface area contributed by atoms with E-state index in [0.717, 1.165) is 16.8 Å². The first kappa shape index (κ1) is 10.6. The van der Waals surface area contributed by atoms with Crippen molar-refractivity contribution in [2.75, 3.05) is 0 Å². The maximum Gasteiger partial charge on any atom is 0.123 e. The second-order valence-corrected chi connectivity index (χ2v) is 3.55. The number of rotatable bonds is 3. The molecule has 2 aromatic rings. The van der Waals surface area contributed by atoms with Crippen molar-refractivity contribution in [1.29, 1.82) is 0 Å². The van der Waals surface area contributed by atoms with Crippen LogP contribution in [0.1, 0.15) is 16.8 Å². The van der Waals surface area contributed by atoms with Crippen molar-refractivity contribution < 1.29 is 4.39 Å². The molecule has 0 atom stereocenters. The SMILES string of the molecule is C=Cc1cccnc1Cc1ccc(F)cc1. The predicted octanol–water partition coefficient (Wildman–Crippen LogP) is 3.45. The van der Waals surface area contributed by atoms with Gasteiger partial charge < -0.3 is 0 Å². The zero-order valence-corrected chi connectivity index (χ0v) is 8.86. The average molecular weight is 213 g/mol. The highest BCUT2D eigenvalue weighted by atomic mass is 19.1. The average Bonchev–Trinajstić information content (AvgIpc) is 2.33. The fraction of sp³-hybridized carbons (Fsp3) is 0.0714. The minimum absolute atomic E-state index is 0.214. The number of nitrogens with zero attached hydrogens (tertiary/aromatic N) is 1. The van der Waals surface area contributed by atoms with Gasteiger partial charge in [0.15, 0.2) is 0 Å². The second-order valence-electron chi connectivity index (χ2n) is 3.55. The monoisotopic (exact) mass is 213 g/mol. The van der Waals surface area contributed by atoms with Gasteiger partial charge >= 0.3 is 0 Å². The van der Waals surface area contributed by atoms with E-state index in [9.17, 15) is 4.39 Å². The number of hydrogen-bond acceptors (Lipinski definition) is 1. The lowest BCUT2D eigenvalue weighted by molar-refractivity contribution is 0.627. The highest BCUT2D eigenvalue weighted by Gasteiger charge is 2.01. The van der Waals surface area contributed by atoms with Crippen LogP contribution in [-0.4, -0.2) is 4.98 Å². The Bertz CT molecular complexity index is 488. The number of hydrogen-bond donors (Lipinski definition) is 0. The highest BCUT2D eigenvalue weighted by molar-refractivity contribution is 5.50. The molecule has 0 aliphatic carbocycles. The molecule has 0 unspecified atom stereocenters. The summed E-state index contributed by atoms with van der Waals surface area (Å²) < 4.78 is 12.7. The van der Waals surface area contributed by atoms with E-state index in [-0.39, 0.29) is 5.82 Å². The van der Waals surface area contributed by atoms with Gasteiger partial charge in [0.05, 0.1) is 5.69 Å². The van der Waals surface area contributed by atoms with Crippen LogP contribution in [0.2, 0.25) is 0 Å². The number of pyridine rings is 1. The van der Waals surface area contributed by atoms with E-state index in [2.05, 4.69) is 11.6 Å². The molecule has 80 valence electrons. The lowest BCUT2D eigenvalue weighted by Crippen LogP contribution is -1.95. The first-order chi connectivity index (χ1) is 7.79. The van der Waals surface area contributed by atoms with Crippen molar-refractivity contribution in [3.8, 4) is 0 Å². The van der Waals surface area contributed by atoms with Gasteiger partial charge in [0.25, 0.3) is 0 Å². The van der Waals surface area contributed by atoms with E-state index >= 15 is 0 Å². The molecule has 1 nitrogen and oxygen atoms in total. The highest BCUT2D eigenvalue weighted by Crippen LogP contribution is 2.13. The third kappa shape index (κ3) is 2.34. The maximum atomic E-state index is 12.7. The minimum Gasteiger partial charge on any atom is -0.260 e. The summed E-state index contributed by atoms with van der Waals surface area (Å²) in [6, 6.07) is 10.3. The van der Waals surface area contributed by atoms with Gasteiger partial charge in [-0.1, -0.05) is 30.9 Å².